The van der Waals surface area contributed by atoms with E-state index in [-0.39, 0.29) is 12.4 Å². The van der Waals surface area contributed by atoms with Gasteiger partial charge in [-0.25, -0.2) is 9.78 Å². The second kappa shape index (κ2) is 10.8. The number of Topliss-reactive ketones (excluding diaryl/α,β-unsaturated/α-hetero) is 1. The summed E-state index contributed by atoms with van der Waals surface area (Å²) in [5, 5.41) is 0. The predicted molar refractivity (Wildman–Crippen MR) is 134 cm³/mol. The number of ketones is 1. The molecule has 0 spiro atoms. The van der Waals surface area contributed by atoms with Gasteiger partial charge >= 0.3 is 5.97 Å². The van der Waals surface area contributed by atoms with Crippen LogP contribution < -0.4 is 4.74 Å². The fourth-order valence-corrected chi connectivity index (χ4v) is 3.93. The minimum Gasteiger partial charge on any atom is -0.497 e. The molecule has 0 amide bonds. The van der Waals surface area contributed by atoms with Gasteiger partial charge in [0, 0.05) is 29.6 Å². The van der Waals surface area contributed by atoms with Crippen molar-refractivity contribution in [2.45, 2.75) is 26.8 Å². The van der Waals surface area contributed by atoms with Crippen LogP contribution in [0.3, 0.4) is 0 Å². The van der Waals surface area contributed by atoms with E-state index in [9.17, 15) is 9.59 Å². The van der Waals surface area contributed by atoms with Crippen molar-refractivity contribution in [3.63, 3.8) is 0 Å². The van der Waals surface area contributed by atoms with Crippen molar-refractivity contribution >= 4 is 28.9 Å². The minimum absolute atomic E-state index is 0.235. The molecule has 2 heterocycles. The van der Waals surface area contributed by atoms with Gasteiger partial charge in [0.15, 0.2) is 6.61 Å². The third kappa shape index (κ3) is 5.81. The number of ether oxygens (including phenoxy) is 2. The Hall–Kier alpha value is -4.26. The number of nitrogens with zero attached hydrogens (tertiary/aromatic N) is 3. The smallest absolute Gasteiger partial charge is 0.331 e. The molecule has 4 rings (SSSR count). The number of hydrogen-bond acceptors (Lipinski definition) is 6. The van der Waals surface area contributed by atoms with Gasteiger partial charge in [-0.3, -0.25) is 9.78 Å². The first-order valence-corrected chi connectivity index (χ1v) is 11.3. The fourth-order valence-electron chi connectivity index (χ4n) is 3.93. The van der Waals surface area contributed by atoms with Gasteiger partial charge in [-0.2, -0.15) is 0 Å². The lowest BCUT2D eigenvalue weighted by atomic mass is 10.1. The monoisotopic (exact) mass is 469 g/mol. The molecule has 0 fully saturated rings. The summed E-state index contributed by atoms with van der Waals surface area (Å²) in [5.41, 5.74) is 5.64. The molecule has 0 bridgehead atoms. The highest BCUT2D eigenvalue weighted by molar-refractivity contribution is 6.00. The maximum atomic E-state index is 12.8. The van der Waals surface area contributed by atoms with Crippen molar-refractivity contribution in [3.05, 3.63) is 95.1 Å². The molecule has 35 heavy (non-hydrogen) atoms. The van der Waals surface area contributed by atoms with Crippen molar-refractivity contribution in [1.82, 2.24) is 14.5 Å². The van der Waals surface area contributed by atoms with Crippen LogP contribution in [0.15, 0.2) is 66.9 Å². The Morgan fingerprint density at radius 3 is 2.51 bits per heavy atom. The standard InChI is InChI=1S/C28H27N3O4/c1-19-16-24(20(2)31(19)15-14-21-8-11-23(34-3)12-9-21)27(32)18-35-28(33)13-10-22-17-29-25-6-4-5-7-26(25)30-22/h4-13,16-17H,14-15,18H2,1-3H3/b13-10+. The number of carbonyl (C=O) groups excluding carboxylic acids is 2. The summed E-state index contributed by atoms with van der Waals surface area (Å²) in [6.07, 6.45) is 5.19. The van der Waals surface area contributed by atoms with Crippen molar-refractivity contribution in [2.75, 3.05) is 13.7 Å². The van der Waals surface area contributed by atoms with Gasteiger partial charge in [0.25, 0.3) is 0 Å². The number of aryl methyl sites for hydroxylation is 2. The van der Waals surface area contributed by atoms with Crippen LogP contribution >= 0.6 is 0 Å². The highest BCUT2D eigenvalue weighted by atomic mass is 16.5. The van der Waals surface area contributed by atoms with Gasteiger partial charge in [-0.05, 0) is 62.2 Å². The van der Waals surface area contributed by atoms with E-state index in [1.54, 1.807) is 13.3 Å². The minimum atomic E-state index is -0.610. The van der Waals surface area contributed by atoms with E-state index >= 15 is 0 Å². The molecule has 4 aromatic rings. The van der Waals surface area contributed by atoms with Crippen molar-refractivity contribution < 1.29 is 19.1 Å². The molecule has 0 radical (unpaired) electrons. The van der Waals surface area contributed by atoms with E-state index in [0.29, 0.717) is 11.3 Å². The summed E-state index contributed by atoms with van der Waals surface area (Å²) in [6.45, 7) is 4.30. The van der Waals surface area contributed by atoms with Gasteiger partial charge in [0.05, 0.1) is 30.0 Å². The zero-order valence-corrected chi connectivity index (χ0v) is 20.0. The van der Waals surface area contributed by atoms with Crippen LogP contribution in [0.25, 0.3) is 17.1 Å². The number of benzene rings is 2. The SMILES string of the molecule is COc1ccc(CCn2c(C)cc(C(=O)COC(=O)/C=C/c3cnc4ccccc4n3)c2C)cc1. The average molecular weight is 470 g/mol. The average Bonchev–Trinajstić information content (AvgIpc) is 3.17. The van der Waals surface area contributed by atoms with E-state index in [4.69, 9.17) is 9.47 Å². The maximum Gasteiger partial charge on any atom is 0.331 e. The Morgan fingerprint density at radius 2 is 1.77 bits per heavy atom. The lowest BCUT2D eigenvalue weighted by molar-refractivity contribution is -0.136. The Balaban J connectivity index is 1.34. The zero-order chi connectivity index (χ0) is 24.8. The van der Waals surface area contributed by atoms with E-state index in [1.807, 2.05) is 68.4 Å². The molecule has 7 heteroatoms. The highest BCUT2D eigenvalue weighted by Crippen LogP contribution is 2.18. The molecule has 0 atom stereocenters. The Morgan fingerprint density at radius 1 is 1.03 bits per heavy atom. The highest BCUT2D eigenvalue weighted by Gasteiger charge is 2.17. The Bertz CT molecular complexity index is 1390. The number of aromatic nitrogens is 3. The maximum absolute atomic E-state index is 12.8. The Labute approximate surface area is 204 Å². The van der Waals surface area contributed by atoms with Crippen molar-refractivity contribution in [2.24, 2.45) is 0 Å². The van der Waals surface area contributed by atoms with Crippen LogP contribution in [0, 0.1) is 13.8 Å². The molecule has 0 aliphatic heterocycles. The van der Waals surface area contributed by atoms with E-state index in [1.165, 1.54) is 17.7 Å². The summed E-state index contributed by atoms with van der Waals surface area (Å²) < 4.78 is 12.5. The molecule has 2 aromatic heterocycles. The predicted octanol–water partition coefficient (Wildman–Crippen LogP) is 4.74. The van der Waals surface area contributed by atoms with Gasteiger partial charge in [-0.1, -0.05) is 24.3 Å². The molecular weight excluding hydrogens is 442 g/mol. The fraction of sp³-hybridized carbons (Fsp3) is 0.214. The molecular formula is C28H27N3O4. The molecule has 0 aliphatic rings. The van der Waals surface area contributed by atoms with Gasteiger partial charge in [0.1, 0.15) is 5.75 Å². The lowest BCUT2D eigenvalue weighted by Gasteiger charge is -2.10. The number of para-hydroxylation sites is 2. The first kappa shape index (κ1) is 23.9. The van der Waals surface area contributed by atoms with Gasteiger partial charge in [-0.15, -0.1) is 0 Å². The number of carbonyl (C=O) groups is 2. The van der Waals surface area contributed by atoms with Gasteiger partial charge in [0.2, 0.25) is 5.78 Å². The zero-order valence-electron chi connectivity index (χ0n) is 20.0. The normalized spacial score (nSPS) is 11.2. The largest absolute Gasteiger partial charge is 0.497 e. The van der Waals surface area contributed by atoms with Gasteiger partial charge < -0.3 is 14.0 Å². The molecule has 178 valence electrons. The number of methoxy groups -OCH3 is 1. The summed E-state index contributed by atoms with van der Waals surface area (Å²) in [6, 6.07) is 17.3. The van der Waals surface area contributed by atoms with Crippen LogP contribution in [-0.2, 0) is 22.5 Å². The topological polar surface area (TPSA) is 83.3 Å². The second-order valence-corrected chi connectivity index (χ2v) is 8.18. The van der Waals surface area contributed by atoms with Crippen LogP contribution in [0.4, 0.5) is 0 Å². The van der Waals surface area contributed by atoms with Crippen LogP contribution in [0.2, 0.25) is 0 Å². The number of fused-ring (bicyclic) bond motifs is 1. The number of esters is 1. The Kier molecular flexibility index (Phi) is 7.35. The molecule has 0 saturated carbocycles. The first-order chi connectivity index (χ1) is 16.9. The van der Waals surface area contributed by atoms with Crippen molar-refractivity contribution in [1.29, 1.82) is 0 Å². The second-order valence-electron chi connectivity index (χ2n) is 8.18. The molecule has 0 unspecified atom stereocenters. The third-order valence-corrected chi connectivity index (χ3v) is 5.86. The third-order valence-electron chi connectivity index (χ3n) is 5.86. The first-order valence-electron chi connectivity index (χ1n) is 11.3. The molecule has 2 aromatic carbocycles. The van der Waals surface area contributed by atoms with E-state index in [2.05, 4.69) is 14.5 Å². The summed E-state index contributed by atoms with van der Waals surface area (Å²) in [4.78, 5) is 33.6. The lowest BCUT2D eigenvalue weighted by Crippen LogP contribution is -2.14. The van der Waals surface area contributed by atoms with E-state index < -0.39 is 5.97 Å². The van der Waals surface area contributed by atoms with Crippen molar-refractivity contribution in [3.8, 4) is 5.75 Å². The summed E-state index contributed by atoms with van der Waals surface area (Å²) in [7, 11) is 1.65. The van der Waals surface area contributed by atoms with Crippen LogP contribution in [-0.4, -0.2) is 40.0 Å². The van der Waals surface area contributed by atoms with Crippen LogP contribution in [0.1, 0.15) is 33.0 Å². The molecule has 0 aliphatic carbocycles. The molecule has 0 N–H and O–H groups in total. The summed E-state index contributed by atoms with van der Waals surface area (Å²) in [5.74, 6) is -0.0211. The number of rotatable bonds is 9. The quantitative estimate of drug-likeness (QED) is 0.200. The molecule has 7 nitrogen and oxygen atoms in total. The molecule has 0 saturated heterocycles. The van der Waals surface area contributed by atoms with Crippen LogP contribution in [0.5, 0.6) is 5.75 Å². The van der Waals surface area contributed by atoms with E-state index in [0.717, 1.165) is 41.1 Å². The number of hydrogen-bond donors (Lipinski definition) is 0. The summed E-state index contributed by atoms with van der Waals surface area (Å²) >= 11 is 0.